The van der Waals surface area contributed by atoms with Crippen LogP contribution in [0, 0.1) is 10.8 Å². The molecule has 2 rings (SSSR count). The van der Waals surface area contributed by atoms with Gasteiger partial charge < -0.3 is 18.6 Å². The van der Waals surface area contributed by atoms with Crippen molar-refractivity contribution in [2.45, 2.75) is 26.2 Å². The lowest BCUT2D eigenvalue weighted by Gasteiger charge is -2.42. The summed E-state index contributed by atoms with van der Waals surface area (Å²) >= 11 is 0. The number of hydrogen-bond acceptors (Lipinski definition) is 4. The van der Waals surface area contributed by atoms with Crippen molar-refractivity contribution in [3.8, 4) is 0 Å². The fourth-order valence-corrected chi connectivity index (χ4v) is 2.05. The first-order chi connectivity index (χ1) is 9.88. The Bertz CT molecular complexity index is 379. The van der Waals surface area contributed by atoms with E-state index < -0.39 is 45.0 Å². The van der Waals surface area contributed by atoms with Crippen LogP contribution in [-0.2, 0) is 18.6 Å². The average Bonchev–Trinajstić information content (AvgIpc) is 2.36. The topological polar surface area (TPSA) is 36.9 Å². The van der Waals surface area contributed by atoms with Crippen molar-refractivity contribution >= 4 is 14.0 Å². The minimum atomic E-state index is -5.54. The highest BCUT2D eigenvalue weighted by Gasteiger charge is 2.73. The van der Waals surface area contributed by atoms with E-state index in [1.807, 2.05) is 13.8 Å². The van der Waals surface area contributed by atoms with Crippen molar-refractivity contribution in [2.75, 3.05) is 26.4 Å². The maximum absolute atomic E-state index is 12.8. The van der Waals surface area contributed by atoms with Crippen LogP contribution in [0.5, 0.6) is 0 Å². The third-order valence-corrected chi connectivity index (χ3v) is 3.57. The smallest absolute Gasteiger partial charge is 0.413 e. The molecule has 0 unspecified atom stereocenters. The standard InChI is InChI=1S/C10H14B2F6O4/c1-7(2)3-19-11(20-4-7)12-21-5-8(6-22-12,9(13,14)15)10(16,17)18/h3-6H2,1-2H3. The van der Waals surface area contributed by atoms with Crippen LogP contribution in [0.3, 0.4) is 0 Å². The van der Waals surface area contributed by atoms with E-state index in [-0.39, 0.29) is 18.6 Å². The maximum atomic E-state index is 12.8. The number of alkyl halides is 6. The van der Waals surface area contributed by atoms with Gasteiger partial charge in [-0.15, -0.1) is 0 Å². The molecule has 0 spiro atoms. The molecular formula is C10H14B2F6O4. The van der Waals surface area contributed by atoms with Crippen LogP contribution in [-0.4, -0.2) is 52.8 Å². The van der Waals surface area contributed by atoms with E-state index in [4.69, 9.17) is 9.31 Å². The van der Waals surface area contributed by atoms with Crippen LogP contribution in [0.1, 0.15) is 13.8 Å². The van der Waals surface area contributed by atoms with Crippen LogP contribution < -0.4 is 0 Å². The predicted octanol–water partition coefficient (Wildman–Crippen LogP) is 2.27. The molecular weight excluding hydrogens is 320 g/mol. The highest BCUT2D eigenvalue weighted by molar-refractivity contribution is 7.10. The van der Waals surface area contributed by atoms with Gasteiger partial charge in [0, 0.05) is 18.6 Å². The highest BCUT2D eigenvalue weighted by Crippen LogP contribution is 2.52. The van der Waals surface area contributed by atoms with Crippen molar-refractivity contribution < 1.29 is 45.0 Å². The molecule has 0 atom stereocenters. The normalized spacial score (nSPS) is 26.2. The zero-order chi connectivity index (χ0) is 16.8. The Morgan fingerprint density at radius 1 is 0.682 bits per heavy atom. The van der Waals surface area contributed by atoms with Crippen molar-refractivity contribution in [2.24, 2.45) is 10.8 Å². The molecule has 0 amide bonds. The van der Waals surface area contributed by atoms with Crippen LogP contribution in [0.25, 0.3) is 0 Å². The predicted molar refractivity (Wildman–Crippen MR) is 63.6 cm³/mol. The third-order valence-electron chi connectivity index (χ3n) is 3.57. The zero-order valence-corrected chi connectivity index (χ0v) is 11.9. The molecule has 2 aliphatic rings. The van der Waals surface area contributed by atoms with Gasteiger partial charge >= 0.3 is 26.4 Å². The first-order valence-electron chi connectivity index (χ1n) is 6.48. The van der Waals surface area contributed by atoms with Crippen molar-refractivity contribution in [3.63, 3.8) is 0 Å². The first-order valence-corrected chi connectivity index (χ1v) is 6.48. The molecule has 0 radical (unpaired) electrons. The number of halogens is 6. The summed E-state index contributed by atoms with van der Waals surface area (Å²) in [6.45, 7) is 0.956. The Morgan fingerprint density at radius 2 is 1.00 bits per heavy atom. The molecule has 0 aromatic rings. The summed E-state index contributed by atoms with van der Waals surface area (Å²) in [5, 5.41) is 0. The minimum absolute atomic E-state index is 0.227. The second-order valence-corrected chi connectivity index (χ2v) is 6.22. The van der Waals surface area contributed by atoms with Crippen molar-refractivity contribution in [3.05, 3.63) is 0 Å². The molecule has 2 heterocycles. The maximum Gasteiger partial charge on any atom is 0.488 e. The molecule has 4 nitrogen and oxygen atoms in total. The van der Waals surface area contributed by atoms with Gasteiger partial charge in [-0.05, 0) is 0 Å². The second kappa shape index (κ2) is 5.57. The fraction of sp³-hybridized carbons (Fsp3) is 1.00. The second-order valence-electron chi connectivity index (χ2n) is 6.22. The molecule has 0 bridgehead atoms. The summed E-state index contributed by atoms with van der Waals surface area (Å²) < 4.78 is 96.7. The SMILES string of the molecule is CC1(C)COB(B2OCC(C(F)(F)F)(C(F)(F)F)CO2)OC1. The van der Waals surface area contributed by atoms with Crippen LogP contribution in [0.2, 0.25) is 0 Å². The van der Waals surface area contributed by atoms with E-state index >= 15 is 0 Å². The molecule has 0 saturated carbocycles. The molecule has 2 fully saturated rings. The van der Waals surface area contributed by atoms with E-state index in [1.165, 1.54) is 0 Å². The van der Waals surface area contributed by atoms with Crippen molar-refractivity contribution in [1.82, 2.24) is 0 Å². The largest absolute Gasteiger partial charge is 0.488 e. The van der Waals surface area contributed by atoms with E-state index in [0.717, 1.165) is 0 Å². The Morgan fingerprint density at radius 3 is 1.32 bits per heavy atom. The lowest BCUT2D eigenvalue weighted by Crippen LogP contribution is -2.64. The molecule has 0 aromatic heterocycles. The summed E-state index contributed by atoms with van der Waals surface area (Å²) in [6.07, 6.45) is -11.1. The fourth-order valence-electron chi connectivity index (χ4n) is 2.05. The number of rotatable bonds is 1. The third kappa shape index (κ3) is 3.24. The summed E-state index contributed by atoms with van der Waals surface area (Å²) in [6, 6.07) is 0. The van der Waals surface area contributed by atoms with E-state index in [1.54, 1.807) is 0 Å². The van der Waals surface area contributed by atoms with Gasteiger partial charge in [0.15, 0.2) is 0 Å². The van der Waals surface area contributed by atoms with Gasteiger partial charge in [-0.3, -0.25) is 0 Å². The van der Waals surface area contributed by atoms with E-state index in [2.05, 4.69) is 9.31 Å². The first kappa shape index (κ1) is 17.9. The summed E-state index contributed by atoms with van der Waals surface area (Å²) in [4.78, 5) is 0. The van der Waals surface area contributed by atoms with Gasteiger partial charge in [0.25, 0.3) is 0 Å². The van der Waals surface area contributed by atoms with Gasteiger partial charge in [-0.2, -0.15) is 26.3 Å². The van der Waals surface area contributed by atoms with Gasteiger partial charge in [0.05, 0.1) is 13.2 Å². The molecule has 2 saturated heterocycles. The van der Waals surface area contributed by atoms with Crippen LogP contribution in [0.4, 0.5) is 26.3 Å². The Balaban J connectivity index is 2.03. The number of hydrogen-bond donors (Lipinski definition) is 0. The monoisotopic (exact) mass is 334 g/mol. The zero-order valence-electron chi connectivity index (χ0n) is 11.9. The molecule has 126 valence electrons. The lowest BCUT2D eigenvalue weighted by molar-refractivity contribution is -0.361. The molecule has 22 heavy (non-hydrogen) atoms. The summed E-state index contributed by atoms with van der Waals surface area (Å²) in [5.41, 5.74) is -4.34. The van der Waals surface area contributed by atoms with Gasteiger partial charge in [0.2, 0.25) is 5.41 Å². The highest BCUT2D eigenvalue weighted by atomic mass is 19.4. The molecule has 2 aliphatic heterocycles. The van der Waals surface area contributed by atoms with Gasteiger partial charge in [0.1, 0.15) is 0 Å². The lowest BCUT2D eigenvalue weighted by atomic mass is 9.47. The molecule has 0 N–H and O–H groups in total. The summed E-state index contributed by atoms with van der Waals surface area (Å²) in [5.74, 6) is 0. The van der Waals surface area contributed by atoms with E-state index in [9.17, 15) is 26.3 Å². The van der Waals surface area contributed by atoms with Gasteiger partial charge in [-0.1, -0.05) is 13.8 Å². The minimum Gasteiger partial charge on any atom is -0.413 e. The van der Waals surface area contributed by atoms with E-state index in [0.29, 0.717) is 0 Å². The van der Waals surface area contributed by atoms with Crippen LogP contribution in [0.15, 0.2) is 0 Å². The Kier molecular flexibility index (Phi) is 4.53. The molecule has 0 aliphatic carbocycles. The quantitative estimate of drug-likeness (QED) is 0.545. The Labute approximate surface area is 123 Å². The van der Waals surface area contributed by atoms with Gasteiger partial charge in [-0.25, -0.2) is 0 Å². The molecule has 12 heteroatoms. The average molecular weight is 334 g/mol. The van der Waals surface area contributed by atoms with Crippen LogP contribution >= 0.6 is 0 Å². The molecule has 0 aromatic carbocycles. The summed E-state index contributed by atoms with van der Waals surface area (Å²) in [7, 11) is -2.57. The van der Waals surface area contributed by atoms with Crippen molar-refractivity contribution in [1.29, 1.82) is 0 Å². The Hall–Kier alpha value is -0.450.